The monoisotopic (exact) mass is 546 g/mol. The third-order valence-electron chi connectivity index (χ3n) is 6.97. The van der Waals surface area contributed by atoms with Gasteiger partial charge in [-0.15, -0.1) is 0 Å². The van der Waals surface area contributed by atoms with E-state index >= 15 is 0 Å². The highest BCUT2D eigenvalue weighted by Crippen LogP contribution is 2.49. The van der Waals surface area contributed by atoms with Crippen molar-refractivity contribution < 1.29 is 19.1 Å². The predicted molar refractivity (Wildman–Crippen MR) is 151 cm³/mol. The first-order valence-electron chi connectivity index (χ1n) is 12.3. The number of amides is 1. The van der Waals surface area contributed by atoms with Gasteiger partial charge in [-0.1, -0.05) is 78.3 Å². The van der Waals surface area contributed by atoms with Crippen LogP contribution in [0, 0.1) is 6.92 Å². The number of benzene rings is 3. The zero-order valence-corrected chi connectivity index (χ0v) is 22.9. The van der Waals surface area contributed by atoms with Gasteiger partial charge >= 0.3 is 12.1 Å². The van der Waals surface area contributed by atoms with Crippen LogP contribution >= 0.6 is 23.1 Å². The number of anilines is 1. The van der Waals surface area contributed by atoms with Crippen LogP contribution in [0.5, 0.6) is 0 Å². The first-order chi connectivity index (χ1) is 18.3. The maximum absolute atomic E-state index is 12.7. The molecule has 1 N–H and O–H groups in total. The standard InChI is InChI=1S/C30H27ClN2O4S/c1-18(24-6-4-5-7-25(24)31)37-29(35)32-26-19(2)38-33-27(26)22-10-8-20(9-11-22)21-12-14-23(15-13-21)30(16-17-30)28(34)36-3/h4-15,18H,16-17H2,1-3H3,(H,32,35). The second-order valence-corrected chi connectivity index (χ2v) is 10.8. The van der Waals surface area contributed by atoms with Crippen molar-refractivity contribution in [1.82, 2.24) is 4.37 Å². The summed E-state index contributed by atoms with van der Waals surface area (Å²) in [4.78, 5) is 25.8. The third kappa shape index (κ3) is 5.04. The van der Waals surface area contributed by atoms with E-state index in [0.717, 1.165) is 45.5 Å². The van der Waals surface area contributed by atoms with Crippen molar-refractivity contribution in [2.75, 3.05) is 12.4 Å². The number of nitrogens with one attached hydrogen (secondary N) is 1. The first kappa shape index (κ1) is 25.9. The minimum Gasteiger partial charge on any atom is -0.468 e. The molecule has 3 aromatic carbocycles. The van der Waals surface area contributed by atoms with Gasteiger partial charge in [0.25, 0.3) is 0 Å². The van der Waals surface area contributed by atoms with Crippen LogP contribution in [-0.4, -0.2) is 23.5 Å². The lowest BCUT2D eigenvalue weighted by atomic mass is 9.93. The van der Waals surface area contributed by atoms with Crippen LogP contribution in [0.3, 0.4) is 0 Å². The van der Waals surface area contributed by atoms with Crippen molar-refractivity contribution in [3.8, 4) is 22.4 Å². The summed E-state index contributed by atoms with van der Waals surface area (Å²) < 4.78 is 15.2. The Morgan fingerprint density at radius 1 is 0.974 bits per heavy atom. The SMILES string of the molecule is COC(=O)C1(c2ccc(-c3ccc(-c4nsc(C)c4NC(=O)OC(C)c4ccccc4Cl)cc3)cc2)CC1. The Hall–Kier alpha value is -3.68. The van der Waals surface area contributed by atoms with E-state index in [-0.39, 0.29) is 5.97 Å². The Labute approximate surface area is 230 Å². The molecule has 8 heteroatoms. The number of halogens is 1. The molecule has 1 heterocycles. The quantitative estimate of drug-likeness (QED) is 0.238. The molecule has 0 radical (unpaired) electrons. The van der Waals surface area contributed by atoms with E-state index in [1.54, 1.807) is 13.0 Å². The van der Waals surface area contributed by atoms with Gasteiger partial charge in [-0.2, -0.15) is 4.37 Å². The number of hydrogen-bond donors (Lipinski definition) is 1. The van der Waals surface area contributed by atoms with E-state index in [4.69, 9.17) is 21.1 Å². The van der Waals surface area contributed by atoms with Gasteiger partial charge in [-0.3, -0.25) is 10.1 Å². The molecule has 0 bridgehead atoms. The molecule has 194 valence electrons. The molecule has 1 atom stereocenters. The molecule has 1 fully saturated rings. The van der Waals surface area contributed by atoms with Crippen molar-refractivity contribution in [3.63, 3.8) is 0 Å². The minimum absolute atomic E-state index is 0.167. The molecular weight excluding hydrogens is 520 g/mol. The van der Waals surface area contributed by atoms with Crippen LogP contribution in [0.15, 0.2) is 72.8 Å². The van der Waals surface area contributed by atoms with E-state index < -0.39 is 17.6 Å². The molecule has 0 aliphatic heterocycles. The highest BCUT2D eigenvalue weighted by molar-refractivity contribution is 7.06. The normalized spacial score (nSPS) is 14.4. The molecule has 1 aliphatic rings. The fourth-order valence-corrected chi connectivity index (χ4v) is 5.56. The van der Waals surface area contributed by atoms with E-state index in [0.29, 0.717) is 16.4 Å². The van der Waals surface area contributed by atoms with Crippen LogP contribution in [0.4, 0.5) is 10.5 Å². The van der Waals surface area contributed by atoms with Crippen molar-refractivity contribution >= 4 is 40.9 Å². The van der Waals surface area contributed by atoms with Crippen LogP contribution in [0.2, 0.25) is 5.02 Å². The Morgan fingerprint density at radius 2 is 1.58 bits per heavy atom. The molecular formula is C30H27ClN2O4S. The second kappa shape index (κ2) is 10.6. The van der Waals surface area contributed by atoms with Gasteiger partial charge in [0, 0.05) is 21.0 Å². The summed E-state index contributed by atoms with van der Waals surface area (Å²) in [7, 11) is 1.44. The summed E-state index contributed by atoms with van der Waals surface area (Å²) in [6.07, 6.45) is 0.568. The molecule has 1 saturated carbocycles. The number of methoxy groups -OCH3 is 1. The molecule has 1 unspecified atom stereocenters. The van der Waals surface area contributed by atoms with Gasteiger partial charge in [0.1, 0.15) is 11.8 Å². The van der Waals surface area contributed by atoms with Gasteiger partial charge in [-0.25, -0.2) is 4.79 Å². The van der Waals surface area contributed by atoms with Crippen molar-refractivity contribution in [3.05, 3.63) is 93.8 Å². The third-order valence-corrected chi connectivity index (χ3v) is 8.07. The van der Waals surface area contributed by atoms with Crippen LogP contribution in [-0.2, 0) is 19.7 Å². The molecule has 5 rings (SSSR count). The van der Waals surface area contributed by atoms with E-state index in [1.165, 1.54) is 18.6 Å². The number of nitrogens with zero attached hydrogens (tertiary/aromatic N) is 1. The fraction of sp³-hybridized carbons (Fsp3) is 0.233. The summed E-state index contributed by atoms with van der Waals surface area (Å²) in [6, 6.07) is 23.4. The number of rotatable bonds is 7. The smallest absolute Gasteiger partial charge is 0.412 e. The highest BCUT2D eigenvalue weighted by Gasteiger charge is 2.52. The van der Waals surface area contributed by atoms with Gasteiger partial charge < -0.3 is 9.47 Å². The number of carbonyl (C=O) groups excluding carboxylic acids is 2. The molecule has 6 nitrogen and oxygen atoms in total. The Morgan fingerprint density at radius 3 is 2.18 bits per heavy atom. The molecule has 4 aromatic rings. The fourth-order valence-electron chi connectivity index (χ4n) is 4.61. The van der Waals surface area contributed by atoms with Crippen molar-refractivity contribution in [1.29, 1.82) is 0 Å². The number of hydrogen-bond acceptors (Lipinski definition) is 6. The van der Waals surface area contributed by atoms with E-state index in [9.17, 15) is 9.59 Å². The summed E-state index contributed by atoms with van der Waals surface area (Å²) in [5.41, 5.74) is 5.54. The molecule has 0 saturated heterocycles. The molecule has 38 heavy (non-hydrogen) atoms. The van der Waals surface area contributed by atoms with E-state index in [2.05, 4.69) is 9.69 Å². The summed E-state index contributed by atoms with van der Waals surface area (Å²) in [5, 5.41) is 3.42. The van der Waals surface area contributed by atoms with Crippen LogP contribution in [0.1, 0.15) is 41.9 Å². The average Bonchev–Trinajstić information content (AvgIpc) is 3.67. The molecule has 1 amide bonds. The van der Waals surface area contributed by atoms with Crippen molar-refractivity contribution in [2.24, 2.45) is 0 Å². The number of aryl methyl sites for hydroxylation is 1. The second-order valence-electron chi connectivity index (χ2n) is 9.38. The lowest BCUT2D eigenvalue weighted by Crippen LogP contribution is -2.21. The maximum Gasteiger partial charge on any atom is 0.412 e. The number of ether oxygens (including phenoxy) is 2. The largest absolute Gasteiger partial charge is 0.468 e. The number of carbonyl (C=O) groups is 2. The number of esters is 1. The zero-order chi connectivity index (χ0) is 26.9. The lowest BCUT2D eigenvalue weighted by molar-refractivity contribution is -0.143. The van der Waals surface area contributed by atoms with Crippen LogP contribution < -0.4 is 5.32 Å². The highest BCUT2D eigenvalue weighted by atomic mass is 35.5. The summed E-state index contributed by atoms with van der Waals surface area (Å²) >= 11 is 7.56. The van der Waals surface area contributed by atoms with Gasteiger partial charge in [0.2, 0.25) is 0 Å². The van der Waals surface area contributed by atoms with Crippen LogP contribution in [0.25, 0.3) is 22.4 Å². The topological polar surface area (TPSA) is 77.5 Å². The zero-order valence-electron chi connectivity index (χ0n) is 21.3. The average molecular weight is 547 g/mol. The molecule has 1 aliphatic carbocycles. The number of aromatic nitrogens is 1. The minimum atomic E-state index is -0.570. The summed E-state index contributed by atoms with van der Waals surface area (Å²) in [6.45, 7) is 3.69. The Bertz CT molecular complexity index is 1480. The Balaban J connectivity index is 1.30. The molecule has 1 aromatic heterocycles. The Kier molecular flexibility index (Phi) is 7.23. The molecule has 0 spiro atoms. The summed E-state index contributed by atoms with van der Waals surface area (Å²) in [5.74, 6) is -0.167. The van der Waals surface area contributed by atoms with E-state index in [1.807, 2.05) is 73.7 Å². The predicted octanol–water partition coefficient (Wildman–Crippen LogP) is 7.95. The van der Waals surface area contributed by atoms with Gasteiger partial charge in [0.05, 0.1) is 18.2 Å². The maximum atomic E-state index is 12.7. The van der Waals surface area contributed by atoms with Crippen molar-refractivity contribution in [2.45, 2.75) is 38.2 Å². The van der Waals surface area contributed by atoms with Gasteiger partial charge in [0.15, 0.2) is 0 Å². The lowest BCUT2D eigenvalue weighted by Gasteiger charge is -2.16. The van der Waals surface area contributed by atoms with Gasteiger partial charge in [-0.05, 0) is 61.0 Å². The first-order valence-corrected chi connectivity index (χ1v) is 13.5.